The van der Waals surface area contributed by atoms with Crippen molar-refractivity contribution < 1.29 is 19.4 Å². The van der Waals surface area contributed by atoms with Crippen molar-refractivity contribution in [1.29, 1.82) is 0 Å². The predicted octanol–water partition coefficient (Wildman–Crippen LogP) is 4.76. The smallest absolute Gasteiger partial charge is 0.329 e. The van der Waals surface area contributed by atoms with Crippen molar-refractivity contribution in [2.24, 2.45) is 9.98 Å². The van der Waals surface area contributed by atoms with Gasteiger partial charge in [-0.25, -0.2) is 14.8 Å². The maximum atomic E-state index is 10.9. The number of piperidine rings is 1. The van der Waals surface area contributed by atoms with Gasteiger partial charge in [0.15, 0.2) is 5.76 Å². The van der Waals surface area contributed by atoms with Gasteiger partial charge in [-0.05, 0) is 55.6 Å². The maximum absolute atomic E-state index is 10.9. The number of pyridine rings is 1. The van der Waals surface area contributed by atoms with Crippen LogP contribution in [0.1, 0.15) is 31.7 Å². The summed E-state index contributed by atoms with van der Waals surface area (Å²) in [6.07, 6.45) is 7.55. The molecule has 12 heteroatoms. The molecule has 4 rings (SSSR count). The Hall–Kier alpha value is -3.02. The fourth-order valence-electron chi connectivity index (χ4n) is 4.90. The molecule has 2 N–H and O–H groups in total. The lowest BCUT2D eigenvalue weighted by Gasteiger charge is -2.31. The minimum Gasteiger partial charge on any atom is -0.480 e. The number of nitrogens with one attached hydrogen (secondary N) is 1. The standard InChI is InChI=1S/C30H38Cl2N6O4/c1-2-7-37-10-5-33-17-27(18-35-21-34-6-11-37)42-29-13-22(12-28(36-29)23-14-24(31)16-25(32)15-23)19-38-8-3-26(4-9-38)41-20-30(39)40/h12-18,21,26H,2-11,19-20H2,1H3,(H,34,35)(H,39,40)/b27-18+,33-17-. The first-order chi connectivity index (χ1) is 20.4. The summed E-state index contributed by atoms with van der Waals surface area (Å²) in [5.41, 5.74) is 2.46. The van der Waals surface area contributed by atoms with Gasteiger partial charge in [-0.2, -0.15) is 0 Å². The van der Waals surface area contributed by atoms with Gasteiger partial charge in [0, 0.05) is 60.9 Å². The molecule has 0 unspecified atom stereocenters. The van der Waals surface area contributed by atoms with E-state index in [1.165, 1.54) is 0 Å². The molecule has 1 saturated heterocycles. The molecule has 10 nitrogen and oxygen atoms in total. The molecule has 1 aromatic heterocycles. The van der Waals surface area contributed by atoms with E-state index in [-0.39, 0.29) is 12.7 Å². The highest BCUT2D eigenvalue weighted by atomic mass is 35.5. The molecule has 226 valence electrons. The van der Waals surface area contributed by atoms with Crippen molar-refractivity contribution >= 4 is 41.7 Å². The van der Waals surface area contributed by atoms with E-state index >= 15 is 0 Å². The Morgan fingerprint density at radius 2 is 1.86 bits per heavy atom. The fourth-order valence-corrected chi connectivity index (χ4v) is 5.42. The molecule has 0 aliphatic carbocycles. The molecular formula is C30H38Cl2N6O4. The van der Waals surface area contributed by atoms with Crippen molar-refractivity contribution in [1.82, 2.24) is 20.1 Å². The number of benzene rings is 1. The number of halogens is 2. The molecule has 0 amide bonds. The van der Waals surface area contributed by atoms with Crippen molar-refractivity contribution in [2.75, 3.05) is 52.4 Å². The summed E-state index contributed by atoms with van der Waals surface area (Å²) in [4.78, 5) is 29.3. The average molecular weight is 618 g/mol. The van der Waals surface area contributed by atoms with Gasteiger partial charge in [0.25, 0.3) is 0 Å². The summed E-state index contributed by atoms with van der Waals surface area (Å²) in [6, 6.07) is 9.26. The van der Waals surface area contributed by atoms with E-state index in [9.17, 15) is 4.79 Å². The topological polar surface area (TPSA) is 112 Å². The van der Waals surface area contributed by atoms with E-state index in [4.69, 9.17) is 42.8 Å². The number of rotatable bonds is 10. The van der Waals surface area contributed by atoms with Crippen LogP contribution in [0, 0.1) is 0 Å². The van der Waals surface area contributed by atoms with Crippen molar-refractivity contribution in [3.05, 3.63) is 57.9 Å². The molecule has 0 spiro atoms. The van der Waals surface area contributed by atoms with Crippen LogP contribution in [-0.4, -0.2) is 96.9 Å². The molecule has 42 heavy (non-hydrogen) atoms. The molecule has 0 bridgehead atoms. The van der Waals surface area contributed by atoms with Crippen LogP contribution in [0.2, 0.25) is 10.0 Å². The molecule has 2 aliphatic heterocycles. The van der Waals surface area contributed by atoms with E-state index in [0.29, 0.717) is 40.5 Å². The summed E-state index contributed by atoms with van der Waals surface area (Å²) < 4.78 is 11.7. The van der Waals surface area contributed by atoms with Crippen LogP contribution in [0.4, 0.5) is 0 Å². The summed E-state index contributed by atoms with van der Waals surface area (Å²) >= 11 is 12.6. The van der Waals surface area contributed by atoms with Crippen LogP contribution >= 0.6 is 23.2 Å². The van der Waals surface area contributed by atoms with Gasteiger partial charge < -0.3 is 19.9 Å². The van der Waals surface area contributed by atoms with Gasteiger partial charge in [-0.3, -0.25) is 14.8 Å². The zero-order chi connectivity index (χ0) is 29.7. The third kappa shape index (κ3) is 10.7. The Balaban J connectivity index is 1.54. The highest BCUT2D eigenvalue weighted by Gasteiger charge is 2.21. The quantitative estimate of drug-likeness (QED) is 0.393. The van der Waals surface area contributed by atoms with E-state index in [2.05, 4.69) is 32.0 Å². The number of carbonyl (C=O) groups is 1. The summed E-state index contributed by atoms with van der Waals surface area (Å²) in [5.74, 6) is -0.0804. The lowest BCUT2D eigenvalue weighted by molar-refractivity contribution is -0.145. The minimum atomic E-state index is -0.947. The lowest BCUT2D eigenvalue weighted by Crippen LogP contribution is -2.37. The summed E-state index contributed by atoms with van der Waals surface area (Å²) in [7, 11) is 0. The Morgan fingerprint density at radius 1 is 1.07 bits per heavy atom. The van der Waals surface area contributed by atoms with Crippen LogP contribution in [0.3, 0.4) is 0 Å². The lowest BCUT2D eigenvalue weighted by atomic mass is 10.1. The molecule has 1 fully saturated rings. The molecule has 0 radical (unpaired) electrons. The fraction of sp³-hybridized carbons (Fsp3) is 0.467. The van der Waals surface area contributed by atoms with Gasteiger partial charge in [-0.15, -0.1) is 0 Å². The Kier molecular flexibility index (Phi) is 12.6. The third-order valence-electron chi connectivity index (χ3n) is 6.87. The number of hydrogen-bond donors (Lipinski definition) is 2. The summed E-state index contributed by atoms with van der Waals surface area (Å²) in [6.45, 7) is 8.41. The maximum Gasteiger partial charge on any atom is 0.329 e. The molecule has 2 aromatic rings. The Bertz CT molecular complexity index is 1260. The first-order valence-electron chi connectivity index (χ1n) is 14.3. The minimum absolute atomic E-state index is 0.0470. The Labute approximate surface area is 257 Å². The van der Waals surface area contributed by atoms with E-state index in [1.807, 2.05) is 24.3 Å². The highest BCUT2D eigenvalue weighted by Crippen LogP contribution is 2.29. The van der Waals surface area contributed by atoms with Gasteiger partial charge in [-0.1, -0.05) is 30.1 Å². The molecule has 3 heterocycles. The van der Waals surface area contributed by atoms with Gasteiger partial charge >= 0.3 is 5.97 Å². The number of carboxylic acids is 1. The average Bonchev–Trinajstić information content (AvgIpc) is 2.95. The largest absolute Gasteiger partial charge is 0.480 e. The van der Waals surface area contributed by atoms with Gasteiger partial charge in [0.2, 0.25) is 5.88 Å². The van der Waals surface area contributed by atoms with Gasteiger partial charge in [0.1, 0.15) is 6.61 Å². The number of nitrogens with zero attached hydrogens (tertiary/aromatic N) is 5. The zero-order valence-electron chi connectivity index (χ0n) is 23.8. The van der Waals surface area contributed by atoms with Crippen LogP contribution in [0.25, 0.3) is 11.3 Å². The first-order valence-corrected chi connectivity index (χ1v) is 15.0. The Morgan fingerprint density at radius 3 is 2.60 bits per heavy atom. The number of likely N-dealkylation sites (tertiary alicyclic amines) is 1. The first kappa shape index (κ1) is 31.9. The van der Waals surface area contributed by atoms with Gasteiger partial charge in [0.05, 0.1) is 37.1 Å². The van der Waals surface area contributed by atoms with Crippen LogP contribution in [0.15, 0.2) is 52.3 Å². The van der Waals surface area contributed by atoms with E-state index in [0.717, 1.165) is 69.7 Å². The predicted molar refractivity (Wildman–Crippen MR) is 167 cm³/mol. The third-order valence-corrected chi connectivity index (χ3v) is 7.31. The molecule has 0 saturated carbocycles. The summed E-state index contributed by atoms with van der Waals surface area (Å²) in [5, 5.41) is 13.2. The van der Waals surface area contributed by atoms with E-state index in [1.54, 1.807) is 24.8 Å². The number of aromatic nitrogens is 1. The second-order valence-electron chi connectivity index (χ2n) is 10.3. The number of aliphatic carboxylic acids is 1. The van der Waals surface area contributed by atoms with Crippen LogP contribution in [0.5, 0.6) is 5.88 Å². The molecule has 1 aromatic carbocycles. The second kappa shape index (κ2) is 16.6. The monoisotopic (exact) mass is 616 g/mol. The number of aliphatic imine (C=N–C) groups is 2. The molecule has 2 aliphatic rings. The van der Waals surface area contributed by atoms with Crippen molar-refractivity contribution in [3.63, 3.8) is 0 Å². The SMILES string of the molecule is CCCN1CC\N=C/C(Oc2cc(CN3CCC(OCC(=O)O)CC3)cc(-c3cc(Cl)cc(Cl)c3)n2)=C\N=C\NCC1. The van der Waals surface area contributed by atoms with Crippen LogP contribution in [-0.2, 0) is 16.1 Å². The number of ether oxygens (including phenoxy) is 2. The van der Waals surface area contributed by atoms with Crippen LogP contribution < -0.4 is 10.1 Å². The number of allylic oxidation sites excluding steroid dienone is 1. The normalized spacial score (nSPS) is 20.4. The van der Waals surface area contributed by atoms with Crippen molar-refractivity contribution in [2.45, 2.75) is 38.8 Å². The number of carboxylic acid groups (broad SMARTS) is 1. The number of hydrogen-bond acceptors (Lipinski definition) is 9. The zero-order valence-corrected chi connectivity index (χ0v) is 25.4. The van der Waals surface area contributed by atoms with Crippen molar-refractivity contribution in [3.8, 4) is 17.1 Å². The molecule has 0 atom stereocenters. The second-order valence-corrected chi connectivity index (χ2v) is 11.2. The highest BCUT2D eigenvalue weighted by molar-refractivity contribution is 6.35. The van der Waals surface area contributed by atoms with E-state index < -0.39 is 5.97 Å². The molecular weight excluding hydrogens is 579 g/mol.